The summed E-state index contributed by atoms with van der Waals surface area (Å²) in [6.45, 7) is 2.83. The average Bonchev–Trinajstić information content (AvgIpc) is 2.53. The molecule has 1 aliphatic rings. The molecule has 1 fully saturated rings. The molecule has 2 aromatic carbocycles. The lowest BCUT2D eigenvalue weighted by Crippen LogP contribution is -2.36. The zero-order valence-electron chi connectivity index (χ0n) is 11.8. The molecule has 3 rings (SSSR count). The van der Waals surface area contributed by atoms with Crippen LogP contribution in [0.4, 0.5) is 5.69 Å². The lowest BCUT2D eigenvalue weighted by molar-refractivity contribution is 0.0697. The molecule has 0 spiro atoms. The number of rotatable bonds is 3. The van der Waals surface area contributed by atoms with Gasteiger partial charge in [-0.15, -0.1) is 0 Å². The van der Waals surface area contributed by atoms with Gasteiger partial charge in [-0.05, 0) is 18.2 Å². The van der Waals surface area contributed by atoms with Gasteiger partial charge >= 0.3 is 5.97 Å². The van der Waals surface area contributed by atoms with Crippen LogP contribution in [0.25, 0.3) is 10.8 Å². The standard InChI is InChI=1S/C16H17NO4/c1-20-15-4-2-3-12-13(15)9-11(16(18)19)10-14(12)17-5-7-21-8-6-17/h2-4,9-10H,5-8H2,1H3,(H,18,19). The molecule has 0 atom stereocenters. The van der Waals surface area contributed by atoms with Gasteiger partial charge in [0.05, 0.1) is 25.9 Å². The Hall–Kier alpha value is -2.27. The number of methoxy groups -OCH3 is 1. The lowest BCUT2D eigenvalue weighted by atomic mass is 10.0. The molecule has 1 aliphatic heterocycles. The molecule has 2 aromatic rings. The monoisotopic (exact) mass is 287 g/mol. The highest BCUT2D eigenvalue weighted by Gasteiger charge is 2.18. The molecule has 1 heterocycles. The van der Waals surface area contributed by atoms with Gasteiger partial charge in [0.1, 0.15) is 5.75 Å². The van der Waals surface area contributed by atoms with E-state index < -0.39 is 5.97 Å². The summed E-state index contributed by atoms with van der Waals surface area (Å²) < 4.78 is 10.7. The minimum atomic E-state index is -0.933. The van der Waals surface area contributed by atoms with Gasteiger partial charge in [-0.1, -0.05) is 12.1 Å². The molecule has 0 radical (unpaired) electrons. The number of anilines is 1. The fraction of sp³-hybridized carbons (Fsp3) is 0.312. The summed E-state index contributed by atoms with van der Waals surface area (Å²) in [6.07, 6.45) is 0. The highest BCUT2D eigenvalue weighted by atomic mass is 16.5. The Morgan fingerprint density at radius 3 is 2.67 bits per heavy atom. The number of fused-ring (bicyclic) bond motifs is 1. The number of nitrogens with zero attached hydrogens (tertiary/aromatic N) is 1. The van der Waals surface area contributed by atoms with Gasteiger partial charge in [0.25, 0.3) is 0 Å². The van der Waals surface area contributed by atoms with Crippen LogP contribution in [0.2, 0.25) is 0 Å². The fourth-order valence-electron chi connectivity index (χ4n) is 2.71. The smallest absolute Gasteiger partial charge is 0.335 e. The molecule has 0 amide bonds. The number of carboxylic acids is 1. The number of morpholine rings is 1. The predicted molar refractivity (Wildman–Crippen MR) is 80.5 cm³/mol. The maximum absolute atomic E-state index is 11.4. The Morgan fingerprint density at radius 1 is 1.24 bits per heavy atom. The summed E-state index contributed by atoms with van der Waals surface area (Å²) in [4.78, 5) is 13.6. The van der Waals surface area contributed by atoms with E-state index >= 15 is 0 Å². The molecule has 5 nitrogen and oxygen atoms in total. The Kier molecular flexibility index (Phi) is 3.66. The van der Waals surface area contributed by atoms with E-state index in [4.69, 9.17) is 9.47 Å². The fourth-order valence-corrected chi connectivity index (χ4v) is 2.71. The summed E-state index contributed by atoms with van der Waals surface area (Å²) in [5.41, 5.74) is 1.19. The van der Waals surface area contributed by atoms with E-state index in [9.17, 15) is 9.90 Å². The summed E-state index contributed by atoms with van der Waals surface area (Å²) in [7, 11) is 1.59. The van der Waals surface area contributed by atoms with Gasteiger partial charge < -0.3 is 19.5 Å². The Labute approximate surface area is 122 Å². The minimum Gasteiger partial charge on any atom is -0.496 e. The highest BCUT2D eigenvalue weighted by molar-refractivity contribution is 6.03. The second kappa shape index (κ2) is 5.61. The number of hydrogen-bond acceptors (Lipinski definition) is 4. The van der Waals surface area contributed by atoms with Crippen LogP contribution in [0.5, 0.6) is 5.75 Å². The minimum absolute atomic E-state index is 0.272. The van der Waals surface area contributed by atoms with Crippen molar-refractivity contribution in [2.45, 2.75) is 0 Å². The predicted octanol–water partition coefficient (Wildman–Crippen LogP) is 2.38. The van der Waals surface area contributed by atoms with Crippen LogP contribution in [-0.2, 0) is 4.74 Å². The van der Waals surface area contributed by atoms with E-state index in [1.54, 1.807) is 19.2 Å². The summed E-state index contributed by atoms with van der Waals surface area (Å²) >= 11 is 0. The first-order chi connectivity index (χ1) is 10.2. The van der Waals surface area contributed by atoms with Crippen molar-refractivity contribution in [1.29, 1.82) is 0 Å². The van der Waals surface area contributed by atoms with Crippen LogP contribution in [-0.4, -0.2) is 44.5 Å². The van der Waals surface area contributed by atoms with Crippen LogP contribution < -0.4 is 9.64 Å². The van der Waals surface area contributed by atoms with Gasteiger partial charge in [-0.3, -0.25) is 0 Å². The van der Waals surface area contributed by atoms with Crippen molar-refractivity contribution >= 4 is 22.4 Å². The largest absolute Gasteiger partial charge is 0.496 e. The van der Waals surface area contributed by atoms with E-state index in [0.29, 0.717) is 19.0 Å². The maximum atomic E-state index is 11.4. The van der Waals surface area contributed by atoms with Gasteiger partial charge in [-0.2, -0.15) is 0 Å². The lowest BCUT2D eigenvalue weighted by Gasteiger charge is -2.30. The molecule has 21 heavy (non-hydrogen) atoms. The van der Waals surface area contributed by atoms with Crippen LogP contribution in [0.1, 0.15) is 10.4 Å². The Bertz CT molecular complexity index is 677. The third kappa shape index (κ3) is 2.52. The maximum Gasteiger partial charge on any atom is 0.335 e. The third-order valence-corrected chi connectivity index (χ3v) is 3.75. The van der Waals surface area contributed by atoms with Gasteiger partial charge in [0, 0.05) is 29.5 Å². The number of carboxylic acid groups (broad SMARTS) is 1. The molecule has 0 aromatic heterocycles. The molecule has 0 saturated carbocycles. The van der Waals surface area contributed by atoms with Crippen molar-refractivity contribution in [3.05, 3.63) is 35.9 Å². The second-order valence-electron chi connectivity index (χ2n) is 4.96. The molecule has 0 unspecified atom stereocenters. The summed E-state index contributed by atoms with van der Waals surface area (Å²) in [5, 5.41) is 11.2. The van der Waals surface area contributed by atoms with Crippen LogP contribution in [0, 0.1) is 0 Å². The van der Waals surface area contributed by atoms with Gasteiger partial charge in [0.2, 0.25) is 0 Å². The highest BCUT2D eigenvalue weighted by Crippen LogP contribution is 2.34. The molecule has 1 N–H and O–H groups in total. The van der Waals surface area contributed by atoms with Crippen molar-refractivity contribution in [3.63, 3.8) is 0 Å². The van der Waals surface area contributed by atoms with Crippen molar-refractivity contribution in [3.8, 4) is 5.75 Å². The number of ether oxygens (including phenoxy) is 2. The van der Waals surface area contributed by atoms with Crippen molar-refractivity contribution in [2.24, 2.45) is 0 Å². The van der Waals surface area contributed by atoms with E-state index in [-0.39, 0.29) is 5.56 Å². The van der Waals surface area contributed by atoms with Gasteiger partial charge in [0.15, 0.2) is 0 Å². The summed E-state index contributed by atoms with van der Waals surface area (Å²) in [5.74, 6) is -0.248. The molecule has 0 aliphatic carbocycles. The van der Waals surface area contributed by atoms with Crippen LogP contribution in [0.3, 0.4) is 0 Å². The quantitative estimate of drug-likeness (QED) is 0.939. The molecule has 5 heteroatoms. The first-order valence-corrected chi connectivity index (χ1v) is 6.87. The van der Waals surface area contributed by atoms with Gasteiger partial charge in [-0.25, -0.2) is 4.79 Å². The average molecular weight is 287 g/mol. The molecule has 0 bridgehead atoms. The molecule has 110 valence electrons. The van der Waals surface area contributed by atoms with E-state index in [2.05, 4.69) is 4.90 Å². The number of hydrogen-bond donors (Lipinski definition) is 1. The summed E-state index contributed by atoms with van der Waals surface area (Å²) in [6, 6.07) is 9.16. The van der Waals surface area contributed by atoms with Crippen molar-refractivity contribution in [1.82, 2.24) is 0 Å². The van der Waals surface area contributed by atoms with Crippen molar-refractivity contribution in [2.75, 3.05) is 38.3 Å². The molecular formula is C16H17NO4. The van der Waals surface area contributed by atoms with E-state index in [1.165, 1.54) is 0 Å². The van der Waals surface area contributed by atoms with Crippen LogP contribution in [0.15, 0.2) is 30.3 Å². The first-order valence-electron chi connectivity index (χ1n) is 6.87. The second-order valence-corrected chi connectivity index (χ2v) is 4.96. The number of aromatic carboxylic acids is 1. The normalized spacial score (nSPS) is 15.2. The van der Waals surface area contributed by atoms with E-state index in [0.717, 1.165) is 29.5 Å². The SMILES string of the molecule is COc1cccc2c(N3CCOCC3)cc(C(=O)O)cc12. The first kappa shape index (κ1) is 13.7. The Balaban J connectivity index is 2.22. The molecular weight excluding hydrogens is 270 g/mol. The zero-order chi connectivity index (χ0) is 14.8. The zero-order valence-corrected chi connectivity index (χ0v) is 11.8. The third-order valence-electron chi connectivity index (χ3n) is 3.75. The number of benzene rings is 2. The van der Waals surface area contributed by atoms with E-state index in [1.807, 2.05) is 18.2 Å². The number of carbonyl (C=O) groups is 1. The molecule has 1 saturated heterocycles. The topological polar surface area (TPSA) is 59.0 Å². The van der Waals surface area contributed by atoms with Crippen molar-refractivity contribution < 1.29 is 19.4 Å². The van der Waals surface area contributed by atoms with Crippen LogP contribution >= 0.6 is 0 Å². The Morgan fingerprint density at radius 2 is 2.00 bits per heavy atom.